The average Bonchev–Trinajstić information content (AvgIpc) is 3.01. The van der Waals surface area contributed by atoms with Crippen LogP contribution in [-0.4, -0.2) is 15.9 Å². The SMILES string of the molecule is Cc1cc(NC(=O)c2sc(-c3ccccc3)nc2C(F)(F)F)ccn1. The number of benzene rings is 1. The van der Waals surface area contributed by atoms with Crippen LogP contribution < -0.4 is 5.32 Å². The monoisotopic (exact) mass is 363 g/mol. The maximum absolute atomic E-state index is 13.3. The molecule has 0 aliphatic rings. The number of amides is 1. The molecule has 3 aromatic rings. The minimum atomic E-state index is -4.72. The summed E-state index contributed by atoms with van der Waals surface area (Å²) in [5.41, 5.74) is 0.361. The maximum atomic E-state index is 13.3. The van der Waals surface area contributed by atoms with Gasteiger partial charge in [0.25, 0.3) is 5.91 Å². The van der Waals surface area contributed by atoms with E-state index in [2.05, 4.69) is 15.3 Å². The molecule has 0 aliphatic heterocycles. The van der Waals surface area contributed by atoms with Gasteiger partial charge in [-0.15, -0.1) is 11.3 Å². The maximum Gasteiger partial charge on any atom is 0.435 e. The van der Waals surface area contributed by atoms with Gasteiger partial charge in [-0.2, -0.15) is 13.2 Å². The van der Waals surface area contributed by atoms with Crippen molar-refractivity contribution < 1.29 is 18.0 Å². The van der Waals surface area contributed by atoms with Gasteiger partial charge < -0.3 is 5.32 Å². The molecule has 0 saturated heterocycles. The Morgan fingerprint density at radius 2 is 1.88 bits per heavy atom. The first-order valence-corrected chi connectivity index (χ1v) is 8.03. The van der Waals surface area contributed by atoms with Crippen molar-refractivity contribution in [1.82, 2.24) is 9.97 Å². The number of pyridine rings is 1. The lowest BCUT2D eigenvalue weighted by Crippen LogP contribution is -2.17. The number of hydrogen-bond acceptors (Lipinski definition) is 4. The lowest BCUT2D eigenvalue weighted by atomic mass is 10.2. The van der Waals surface area contributed by atoms with E-state index in [0.29, 0.717) is 28.3 Å². The van der Waals surface area contributed by atoms with Gasteiger partial charge in [0.15, 0.2) is 5.69 Å². The molecule has 0 radical (unpaired) electrons. The van der Waals surface area contributed by atoms with Gasteiger partial charge in [0.05, 0.1) is 0 Å². The molecule has 0 unspecified atom stereocenters. The summed E-state index contributed by atoms with van der Waals surface area (Å²) in [6, 6.07) is 11.5. The predicted molar refractivity (Wildman–Crippen MR) is 89.5 cm³/mol. The third-order valence-corrected chi connectivity index (χ3v) is 4.38. The molecule has 1 aromatic carbocycles. The molecule has 0 bridgehead atoms. The van der Waals surface area contributed by atoms with Crippen molar-refractivity contribution in [2.24, 2.45) is 0 Å². The van der Waals surface area contributed by atoms with Gasteiger partial charge in [0.2, 0.25) is 0 Å². The van der Waals surface area contributed by atoms with Gasteiger partial charge in [0, 0.05) is 23.1 Å². The molecule has 0 spiro atoms. The Kier molecular flexibility index (Phi) is 4.54. The third kappa shape index (κ3) is 3.85. The van der Waals surface area contributed by atoms with Crippen LogP contribution in [0.4, 0.5) is 18.9 Å². The van der Waals surface area contributed by atoms with E-state index < -0.39 is 22.7 Å². The molecular weight excluding hydrogens is 351 g/mol. The second-order valence-corrected chi connectivity index (χ2v) is 6.20. The Balaban J connectivity index is 1.99. The zero-order chi connectivity index (χ0) is 18.0. The number of alkyl halides is 3. The van der Waals surface area contributed by atoms with E-state index in [9.17, 15) is 18.0 Å². The van der Waals surface area contributed by atoms with Crippen LogP contribution in [0.25, 0.3) is 10.6 Å². The normalized spacial score (nSPS) is 11.4. The molecule has 4 nitrogen and oxygen atoms in total. The zero-order valence-corrected chi connectivity index (χ0v) is 13.8. The molecule has 1 N–H and O–H groups in total. The summed E-state index contributed by atoms with van der Waals surface area (Å²) < 4.78 is 39.9. The van der Waals surface area contributed by atoms with Gasteiger partial charge >= 0.3 is 6.18 Å². The van der Waals surface area contributed by atoms with Gasteiger partial charge in [0.1, 0.15) is 9.88 Å². The van der Waals surface area contributed by atoms with Crippen LogP contribution in [0.3, 0.4) is 0 Å². The molecule has 2 heterocycles. The third-order valence-electron chi connectivity index (χ3n) is 3.28. The number of hydrogen-bond donors (Lipinski definition) is 1. The van der Waals surface area contributed by atoms with Gasteiger partial charge in [-0.05, 0) is 19.1 Å². The fourth-order valence-electron chi connectivity index (χ4n) is 2.18. The quantitative estimate of drug-likeness (QED) is 0.728. The van der Waals surface area contributed by atoms with Crippen molar-refractivity contribution in [3.05, 3.63) is 64.9 Å². The Morgan fingerprint density at radius 1 is 1.16 bits per heavy atom. The highest BCUT2D eigenvalue weighted by molar-refractivity contribution is 7.17. The van der Waals surface area contributed by atoms with E-state index in [1.807, 2.05) is 0 Å². The van der Waals surface area contributed by atoms with E-state index in [-0.39, 0.29) is 5.01 Å². The first kappa shape index (κ1) is 17.1. The first-order valence-electron chi connectivity index (χ1n) is 7.22. The number of halogens is 3. The van der Waals surface area contributed by atoms with Crippen LogP contribution in [0, 0.1) is 6.92 Å². The topological polar surface area (TPSA) is 54.9 Å². The van der Waals surface area contributed by atoms with Crippen LogP contribution in [-0.2, 0) is 6.18 Å². The second-order valence-electron chi connectivity index (χ2n) is 5.20. The molecular formula is C17H12F3N3OS. The lowest BCUT2D eigenvalue weighted by Gasteiger charge is -2.07. The minimum Gasteiger partial charge on any atom is -0.321 e. The summed E-state index contributed by atoms with van der Waals surface area (Å²) >= 11 is 0.712. The van der Waals surface area contributed by atoms with Crippen molar-refractivity contribution in [2.75, 3.05) is 5.32 Å². The summed E-state index contributed by atoms with van der Waals surface area (Å²) in [7, 11) is 0. The van der Waals surface area contributed by atoms with E-state index in [1.54, 1.807) is 43.3 Å². The smallest absolute Gasteiger partial charge is 0.321 e. The number of rotatable bonds is 3. The molecule has 2 aromatic heterocycles. The predicted octanol–water partition coefficient (Wildman–Crippen LogP) is 4.78. The Hall–Kier alpha value is -2.74. The van der Waals surface area contributed by atoms with Crippen molar-refractivity contribution in [2.45, 2.75) is 13.1 Å². The Bertz CT molecular complexity index is 907. The first-order chi connectivity index (χ1) is 11.8. The summed E-state index contributed by atoms with van der Waals surface area (Å²) in [6.45, 7) is 1.72. The highest BCUT2D eigenvalue weighted by atomic mass is 32.1. The van der Waals surface area contributed by atoms with Crippen molar-refractivity contribution in [3.8, 4) is 10.6 Å². The molecule has 8 heteroatoms. The molecule has 1 amide bonds. The van der Waals surface area contributed by atoms with Crippen molar-refractivity contribution >= 4 is 22.9 Å². The van der Waals surface area contributed by atoms with Crippen LogP contribution in [0.1, 0.15) is 21.1 Å². The van der Waals surface area contributed by atoms with Crippen LogP contribution in [0.5, 0.6) is 0 Å². The molecule has 0 fully saturated rings. The number of aryl methyl sites for hydroxylation is 1. The zero-order valence-electron chi connectivity index (χ0n) is 13.0. The van der Waals surface area contributed by atoms with Crippen molar-refractivity contribution in [1.29, 1.82) is 0 Å². The number of nitrogens with one attached hydrogen (secondary N) is 1. The van der Waals surface area contributed by atoms with Gasteiger partial charge in [-0.25, -0.2) is 4.98 Å². The molecule has 128 valence electrons. The summed E-state index contributed by atoms with van der Waals surface area (Å²) in [5, 5.41) is 2.61. The highest BCUT2D eigenvalue weighted by Gasteiger charge is 2.39. The second kappa shape index (κ2) is 6.64. The Labute approximate surface area is 145 Å². The number of carbonyl (C=O) groups excluding carboxylic acids is 1. The van der Waals surface area contributed by atoms with Crippen molar-refractivity contribution in [3.63, 3.8) is 0 Å². The van der Waals surface area contributed by atoms with E-state index in [4.69, 9.17) is 0 Å². The fourth-order valence-corrected chi connectivity index (χ4v) is 3.17. The number of carbonyl (C=O) groups is 1. The number of thiazole rings is 1. The molecule has 3 rings (SSSR count). The van der Waals surface area contributed by atoms with E-state index >= 15 is 0 Å². The van der Waals surface area contributed by atoms with E-state index in [1.165, 1.54) is 12.3 Å². The number of nitrogens with zero attached hydrogens (tertiary/aromatic N) is 2. The number of aromatic nitrogens is 2. The van der Waals surface area contributed by atoms with Crippen LogP contribution in [0.15, 0.2) is 48.7 Å². The molecule has 25 heavy (non-hydrogen) atoms. The van der Waals surface area contributed by atoms with Gasteiger partial charge in [-0.3, -0.25) is 9.78 Å². The fraction of sp³-hybridized carbons (Fsp3) is 0.118. The van der Waals surface area contributed by atoms with Gasteiger partial charge in [-0.1, -0.05) is 30.3 Å². The van der Waals surface area contributed by atoms with Crippen LogP contribution in [0.2, 0.25) is 0 Å². The lowest BCUT2D eigenvalue weighted by molar-refractivity contribution is -0.140. The largest absolute Gasteiger partial charge is 0.435 e. The standard InChI is InChI=1S/C17H12F3N3OS/c1-10-9-12(7-8-21-10)22-15(24)13-14(17(18,19)20)23-16(25-13)11-5-3-2-4-6-11/h2-9H,1H3,(H,21,22,24). The number of anilines is 1. The Morgan fingerprint density at radius 3 is 2.52 bits per heavy atom. The summed E-state index contributed by atoms with van der Waals surface area (Å²) in [4.78, 5) is 19.5. The molecule has 0 atom stereocenters. The average molecular weight is 363 g/mol. The minimum absolute atomic E-state index is 0.143. The summed E-state index contributed by atoms with van der Waals surface area (Å²) in [5.74, 6) is -0.849. The van der Waals surface area contributed by atoms with Crippen LogP contribution >= 0.6 is 11.3 Å². The van der Waals surface area contributed by atoms with E-state index in [0.717, 1.165) is 0 Å². The molecule has 0 saturated carbocycles. The summed E-state index contributed by atoms with van der Waals surface area (Å²) in [6.07, 6.45) is -3.25. The molecule has 0 aliphatic carbocycles. The highest BCUT2D eigenvalue weighted by Crippen LogP contribution is 2.38.